The van der Waals surface area contributed by atoms with Crippen LogP contribution in [-0.4, -0.2) is 22.5 Å². The molecule has 102 valence electrons. The van der Waals surface area contributed by atoms with Gasteiger partial charge >= 0.3 is 6.18 Å². The van der Waals surface area contributed by atoms with E-state index < -0.39 is 17.3 Å². The van der Waals surface area contributed by atoms with Gasteiger partial charge in [0.1, 0.15) is 4.60 Å². The van der Waals surface area contributed by atoms with E-state index in [-0.39, 0.29) is 17.3 Å². The first-order valence-electron chi connectivity index (χ1n) is 5.56. The second-order valence-electron chi connectivity index (χ2n) is 4.20. The van der Waals surface area contributed by atoms with Crippen LogP contribution >= 0.6 is 15.9 Å². The van der Waals surface area contributed by atoms with E-state index >= 15 is 0 Å². The van der Waals surface area contributed by atoms with Crippen LogP contribution < -0.4 is 5.56 Å². The van der Waals surface area contributed by atoms with Crippen molar-refractivity contribution < 1.29 is 17.9 Å². The molecule has 0 aliphatic carbocycles. The van der Waals surface area contributed by atoms with Gasteiger partial charge in [-0.05, 0) is 35.2 Å². The number of rotatable bonds is 2. The van der Waals surface area contributed by atoms with Crippen LogP contribution in [0.3, 0.4) is 0 Å². The quantitative estimate of drug-likeness (QED) is 0.906. The number of hydrogen-bond acceptors (Lipinski definition) is 2. The summed E-state index contributed by atoms with van der Waals surface area (Å²) in [5, 5.41) is 2.18. The van der Waals surface area contributed by atoms with Crippen molar-refractivity contribution in [1.29, 1.82) is 0 Å². The fourth-order valence-corrected chi connectivity index (χ4v) is 2.62. The first kappa shape index (κ1) is 13.7. The van der Waals surface area contributed by atoms with E-state index in [1.807, 2.05) is 0 Å². The third kappa shape index (κ3) is 2.80. The Kier molecular flexibility index (Phi) is 3.86. The number of halogens is 4. The molecule has 18 heavy (non-hydrogen) atoms. The molecule has 1 unspecified atom stereocenters. The number of hydrogen-bond donors (Lipinski definition) is 1. The van der Waals surface area contributed by atoms with Gasteiger partial charge in [-0.2, -0.15) is 13.2 Å². The zero-order chi connectivity index (χ0) is 13.3. The SMILES string of the molecule is O=c1[nH]n(CC2CCCCO2)c(Br)c1C(F)(F)F. The highest BCUT2D eigenvalue weighted by Crippen LogP contribution is 2.32. The Labute approximate surface area is 109 Å². The molecule has 1 aliphatic rings. The molecule has 1 saturated heterocycles. The Hall–Kier alpha value is -0.760. The van der Waals surface area contributed by atoms with Crippen LogP contribution in [0.15, 0.2) is 9.40 Å². The minimum atomic E-state index is -4.66. The number of aromatic amines is 1. The first-order chi connectivity index (χ1) is 8.39. The fourth-order valence-electron chi connectivity index (χ4n) is 1.98. The van der Waals surface area contributed by atoms with Crippen molar-refractivity contribution >= 4 is 15.9 Å². The fraction of sp³-hybridized carbons (Fsp3) is 0.700. The summed E-state index contributed by atoms with van der Waals surface area (Å²) in [5.74, 6) is 0. The third-order valence-electron chi connectivity index (χ3n) is 2.85. The first-order valence-corrected chi connectivity index (χ1v) is 6.36. The number of aromatic nitrogens is 2. The van der Waals surface area contributed by atoms with E-state index in [9.17, 15) is 18.0 Å². The van der Waals surface area contributed by atoms with Crippen molar-refractivity contribution in [2.45, 2.75) is 38.1 Å². The van der Waals surface area contributed by atoms with Crippen molar-refractivity contribution in [1.82, 2.24) is 9.78 Å². The molecule has 0 amide bonds. The predicted octanol–water partition coefficient (Wildman–Crippen LogP) is 2.53. The minimum absolute atomic E-state index is 0.154. The van der Waals surface area contributed by atoms with Crippen LogP contribution in [-0.2, 0) is 17.5 Å². The van der Waals surface area contributed by atoms with Crippen LogP contribution in [0.1, 0.15) is 24.8 Å². The second-order valence-corrected chi connectivity index (χ2v) is 4.95. The van der Waals surface area contributed by atoms with Crippen molar-refractivity contribution in [3.8, 4) is 0 Å². The van der Waals surface area contributed by atoms with Crippen LogP contribution in [0.2, 0.25) is 0 Å². The standard InChI is InChI=1S/C10H12BrF3N2O2/c11-8-7(10(12,13)14)9(17)15-16(8)5-6-3-1-2-4-18-6/h6H,1-5H2,(H,15,17). The molecule has 2 heterocycles. The molecule has 2 rings (SSSR count). The van der Waals surface area contributed by atoms with Crippen molar-refractivity contribution in [2.24, 2.45) is 0 Å². The van der Waals surface area contributed by atoms with Crippen molar-refractivity contribution in [3.63, 3.8) is 0 Å². The highest BCUT2D eigenvalue weighted by molar-refractivity contribution is 9.10. The molecule has 0 bridgehead atoms. The van der Waals surface area contributed by atoms with Crippen LogP contribution in [0.5, 0.6) is 0 Å². The molecule has 0 spiro atoms. The van der Waals surface area contributed by atoms with Gasteiger partial charge in [0.15, 0.2) is 5.56 Å². The average molecular weight is 329 g/mol. The number of alkyl halides is 3. The monoisotopic (exact) mass is 328 g/mol. The zero-order valence-electron chi connectivity index (χ0n) is 9.39. The molecule has 1 aromatic rings. The van der Waals surface area contributed by atoms with E-state index in [1.54, 1.807) is 0 Å². The van der Waals surface area contributed by atoms with E-state index in [1.165, 1.54) is 0 Å². The van der Waals surface area contributed by atoms with E-state index in [0.717, 1.165) is 23.9 Å². The lowest BCUT2D eigenvalue weighted by Gasteiger charge is -2.23. The van der Waals surface area contributed by atoms with Gasteiger partial charge in [0.05, 0.1) is 12.6 Å². The van der Waals surface area contributed by atoms with Crippen molar-refractivity contribution in [2.75, 3.05) is 6.61 Å². The summed E-state index contributed by atoms with van der Waals surface area (Å²) in [4.78, 5) is 11.3. The predicted molar refractivity (Wildman–Crippen MR) is 61.3 cm³/mol. The second kappa shape index (κ2) is 5.08. The summed E-state index contributed by atoms with van der Waals surface area (Å²) in [6.45, 7) is 0.825. The van der Waals surface area contributed by atoms with E-state index in [2.05, 4.69) is 21.0 Å². The average Bonchev–Trinajstić information content (AvgIpc) is 2.54. The number of H-pyrrole nitrogens is 1. The normalized spacial score (nSPS) is 21.2. The molecule has 0 saturated carbocycles. The molecule has 1 N–H and O–H groups in total. The van der Waals surface area contributed by atoms with E-state index in [4.69, 9.17) is 4.74 Å². The van der Waals surface area contributed by atoms with Crippen LogP contribution in [0, 0.1) is 0 Å². The molecule has 4 nitrogen and oxygen atoms in total. The van der Waals surface area contributed by atoms with E-state index in [0.29, 0.717) is 6.61 Å². The Morgan fingerprint density at radius 1 is 1.44 bits per heavy atom. The maximum atomic E-state index is 12.6. The molecular formula is C10H12BrF3N2O2. The summed E-state index contributed by atoms with van der Waals surface area (Å²) in [6.07, 6.45) is -2.08. The van der Waals surface area contributed by atoms with Gasteiger partial charge in [-0.3, -0.25) is 14.6 Å². The highest BCUT2D eigenvalue weighted by Gasteiger charge is 2.39. The summed E-state index contributed by atoms with van der Waals surface area (Å²) >= 11 is 2.82. The molecule has 1 aromatic heterocycles. The Bertz CT molecular complexity index is 474. The maximum Gasteiger partial charge on any atom is 0.424 e. The molecule has 8 heteroatoms. The smallest absolute Gasteiger partial charge is 0.376 e. The summed E-state index contributed by atoms with van der Waals surface area (Å²) in [6, 6.07) is 0. The number of ether oxygens (including phenoxy) is 1. The van der Waals surface area contributed by atoms with Crippen LogP contribution in [0.4, 0.5) is 13.2 Å². The Balaban J connectivity index is 2.22. The Morgan fingerprint density at radius 2 is 2.17 bits per heavy atom. The molecule has 0 aromatic carbocycles. The van der Waals surface area contributed by atoms with Gasteiger partial charge in [0, 0.05) is 6.61 Å². The minimum Gasteiger partial charge on any atom is -0.376 e. The molecular weight excluding hydrogens is 317 g/mol. The number of nitrogens with one attached hydrogen (secondary N) is 1. The summed E-state index contributed by atoms with van der Waals surface area (Å²) in [7, 11) is 0. The van der Waals surface area contributed by atoms with Gasteiger partial charge in [-0.25, -0.2) is 0 Å². The molecule has 1 atom stereocenters. The number of nitrogens with zero attached hydrogens (tertiary/aromatic N) is 1. The van der Waals surface area contributed by atoms with Gasteiger partial charge in [0.25, 0.3) is 5.56 Å². The van der Waals surface area contributed by atoms with Gasteiger partial charge < -0.3 is 4.74 Å². The maximum absolute atomic E-state index is 12.6. The third-order valence-corrected chi connectivity index (χ3v) is 3.68. The van der Waals surface area contributed by atoms with Gasteiger partial charge in [0.2, 0.25) is 0 Å². The largest absolute Gasteiger partial charge is 0.424 e. The molecule has 1 fully saturated rings. The topological polar surface area (TPSA) is 47.0 Å². The van der Waals surface area contributed by atoms with Gasteiger partial charge in [-0.1, -0.05) is 0 Å². The van der Waals surface area contributed by atoms with Crippen LogP contribution in [0.25, 0.3) is 0 Å². The lowest BCUT2D eigenvalue weighted by Crippen LogP contribution is -2.25. The van der Waals surface area contributed by atoms with Gasteiger partial charge in [-0.15, -0.1) is 0 Å². The lowest BCUT2D eigenvalue weighted by atomic mass is 10.1. The molecule has 0 radical (unpaired) electrons. The zero-order valence-corrected chi connectivity index (χ0v) is 11.0. The Morgan fingerprint density at radius 3 is 2.67 bits per heavy atom. The van der Waals surface area contributed by atoms with Crippen molar-refractivity contribution in [3.05, 3.63) is 20.5 Å². The highest BCUT2D eigenvalue weighted by atomic mass is 79.9. The lowest BCUT2D eigenvalue weighted by molar-refractivity contribution is -0.139. The summed E-state index contributed by atoms with van der Waals surface area (Å²) in [5.41, 5.74) is -2.33. The summed E-state index contributed by atoms with van der Waals surface area (Å²) < 4.78 is 44.1. The molecule has 1 aliphatic heterocycles.